The molecule has 0 aliphatic heterocycles. The van der Waals surface area contributed by atoms with E-state index >= 15 is 0 Å². The summed E-state index contributed by atoms with van der Waals surface area (Å²) in [5, 5.41) is 8.19. The van der Waals surface area contributed by atoms with Crippen molar-refractivity contribution >= 4 is 55.7 Å². The van der Waals surface area contributed by atoms with Crippen LogP contribution in [0.25, 0.3) is 32.1 Å². The van der Waals surface area contributed by atoms with Gasteiger partial charge < -0.3 is 5.32 Å². The molecule has 0 radical (unpaired) electrons. The number of benzene rings is 3. The van der Waals surface area contributed by atoms with Crippen LogP contribution in [-0.4, -0.2) is 21.2 Å². The second-order valence-electron chi connectivity index (χ2n) is 7.69. The normalized spacial score (nSPS) is 11.1. The molecule has 3 aromatic carbocycles. The standard InChI is InChI=1S/C27H21N3O2S2/c1-2-14-30-26(32)24-22(19-9-4-3-5-10-19)16-33-25(24)29-27(30)34-17-23(31)28-21-13-12-18-8-6-7-11-20(18)15-21/h2-13,15-16H,1,14,17H2,(H,28,31). The lowest BCUT2D eigenvalue weighted by molar-refractivity contribution is -0.113. The monoisotopic (exact) mass is 483 g/mol. The van der Waals surface area contributed by atoms with E-state index in [1.807, 2.05) is 78.2 Å². The van der Waals surface area contributed by atoms with Gasteiger partial charge in [-0.3, -0.25) is 14.2 Å². The van der Waals surface area contributed by atoms with Crippen LogP contribution in [-0.2, 0) is 11.3 Å². The number of carbonyl (C=O) groups excluding carboxylic acids is 1. The van der Waals surface area contributed by atoms with Crippen LogP contribution in [0.4, 0.5) is 5.69 Å². The highest BCUT2D eigenvalue weighted by Crippen LogP contribution is 2.32. The van der Waals surface area contributed by atoms with Crippen molar-refractivity contribution in [2.24, 2.45) is 0 Å². The number of rotatable bonds is 7. The predicted molar refractivity (Wildman–Crippen MR) is 143 cm³/mol. The van der Waals surface area contributed by atoms with Crippen LogP contribution < -0.4 is 10.9 Å². The Labute approximate surface area is 204 Å². The van der Waals surface area contributed by atoms with E-state index in [0.717, 1.165) is 27.6 Å². The molecular weight excluding hydrogens is 462 g/mol. The fraction of sp³-hybridized carbons (Fsp3) is 0.0741. The average molecular weight is 484 g/mol. The molecule has 0 unspecified atom stereocenters. The maximum atomic E-state index is 13.4. The Kier molecular flexibility index (Phi) is 6.29. The van der Waals surface area contributed by atoms with E-state index in [1.165, 1.54) is 23.1 Å². The van der Waals surface area contributed by atoms with Crippen molar-refractivity contribution in [3.63, 3.8) is 0 Å². The molecule has 0 saturated carbocycles. The zero-order chi connectivity index (χ0) is 23.5. The maximum absolute atomic E-state index is 13.4. The summed E-state index contributed by atoms with van der Waals surface area (Å²) < 4.78 is 1.59. The third-order valence-electron chi connectivity index (χ3n) is 5.42. The number of fused-ring (bicyclic) bond motifs is 2. The van der Waals surface area contributed by atoms with Crippen LogP contribution in [0, 0.1) is 0 Å². The Bertz CT molecular complexity index is 1570. The largest absolute Gasteiger partial charge is 0.325 e. The van der Waals surface area contributed by atoms with Gasteiger partial charge in [-0.25, -0.2) is 4.98 Å². The molecule has 2 heterocycles. The first-order valence-electron chi connectivity index (χ1n) is 10.7. The van der Waals surface area contributed by atoms with E-state index in [4.69, 9.17) is 4.98 Å². The average Bonchev–Trinajstić information content (AvgIpc) is 3.29. The number of hydrogen-bond donors (Lipinski definition) is 1. The van der Waals surface area contributed by atoms with Crippen molar-refractivity contribution in [2.75, 3.05) is 11.1 Å². The SMILES string of the molecule is C=CCn1c(SCC(=O)Nc2ccc3ccccc3c2)nc2scc(-c3ccccc3)c2c1=O. The third kappa shape index (κ3) is 4.40. The molecular formula is C27H21N3O2S2. The van der Waals surface area contributed by atoms with Crippen LogP contribution in [0.3, 0.4) is 0 Å². The molecule has 0 aliphatic carbocycles. The van der Waals surface area contributed by atoms with Crippen LogP contribution in [0.2, 0.25) is 0 Å². The summed E-state index contributed by atoms with van der Waals surface area (Å²) >= 11 is 2.69. The molecule has 0 bridgehead atoms. The first kappa shape index (κ1) is 22.1. The minimum Gasteiger partial charge on any atom is -0.325 e. The molecule has 1 amide bonds. The van der Waals surface area contributed by atoms with Gasteiger partial charge in [-0.15, -0.1) is 17.9 Å². The fourth-order valence-electron chi connectivity index (χ4n) is 3.83. The van der Waals surface area contributed by atoms with Gasteiger partial charge in [-0.2, -0.15) is 0 Å². The Balaban J connectivity index is 1.40. The zero-order valence-corrected chi connectivity index (χ0v) is 19.9. The highest BCUT2D eigenvalue weighted by Gasteiger charge is 2.17. The summed E-state index contributed by atoms with van der Waals surface area (Å²) in [5.74, 6) is -0.0188. The molecule has 0 aliphatic rings. The molecule has 5 aromatic rings. The number of hydrogen-bond acceptors (Lipinski definition) is 5. The number of nitrogens with one attached hydrogen (secondary N) is 1. The van der Waals surface area contributed by atoms with Crippen LogP contribution in [0.1, 0.15) is 0 Å². The van der Waals surface area contributed by atoms with Crippen LogP contribution >= 0.6 is 23.1 Å². The topological polar surface area (TPSA) is 64.0 Å². The van der Waals surface area contributed by atoms with Gasteiger partial charge in [0.15, 0.2) is 5.16 Å². The Morgan fingerprint density at radius 2 is 1.82 bits per heavy atom. The van der Waals surface area contributed by atoms with Crippen LogP contribution in [0.5, 0.6) is 0 Å². The van der Waals surface area contributed by atoms with Crippen LogP contribution in [0.15, 0.2) is 101 Å². The molecule has 5 rings (SSSR count). The summed E-state index contributed by atoms with van der Waals surface area (Å²) in [7, 11) is 0. The molecule has 5 nitrogen and oxygen atoms in total. The lowest BCUT2D eigenvalue weighted by Crippen LogP contribution is -2.23. The Hall–Kier alpha value is -3.68. The van der Waals surface area contributed by atoms with E-state index in [2.05, 4.69) is 11.9 Å². The number of carbonyl (C=O) groups is 1. The van der Waals surface area contributed by atoms with Gasteiger partial charge in [-0.05, 0) is 28.5 Å². The minimum atomic E-state index is -0.157. The summed E-state index contributed by atoms with van der Waals surface area (Å²) in [6, 6.07) is 23.6. The molecule has 34 heavy (non-hydrogen) atoms. The molecule has 2 aromatic heterocycles. The molecule has 1 N–H and O–H groups in total. The van der Waals surface area contributed by atoms with Gasteiger partial charge in [0.2, 0.25) is 5.91 Å². The first-order chi connectivity index (χ1) is 16.6. The highest BCUT2D eigenvalue weighted by atomic mass is 32.2. The second kappa shape index (κ2) is 9.67. The number of thioether (sulfide) groups is 1. The molecule has 0 atom stereocenters. The predicted octanol–water partition coefficient (Wildman–Crippen LogP) is 6.20. The lowest BCUT2D eigenvalue weighted by Gasteiger charge is -2.11. The smallest absolute Gasteiger partial charge is 0.263 e. The van der Waals surface area contributed by atoms with E-state index in [1.54, 1.807) is 10.6 Å². The second-order valence-corrected chi connectivity index (χ2v) is 9.49. The number of nitrogens with zero attached hydrogens (tertiary/aromatic N) is 2. The van der Waals surface area contributed by atoms with E-state index in [-0.39, 0.29) is 17.2 Å². The van der Waals surface area contributed by atoms with Crippen molar-refractivity contribution in [3.05, 3.63) is 101 Å². The van der Waals surface area contributed by atoms with Crippen molar-refractivity contribution < 1.29 is 4.79 Å². The first-order valence-corrected chi connectivity index (χ1v) is 12.6. The van der Waals surface area contributed by atoms with Gasteiger partial charge in [0, 0.05) is 23.2 Å². The zero-order valence-electron chi connectivity index (χ0n) is 18.2. The maximum Gasteiger partial charge on any atom is 0.263 e. The minimum absolute atomic E-state index is 0.123. The number of aromatic nitrogens is 2. The fourth-order valence-corrected chi connectivity index (χ4v) is 5.63. The Morgan fingerprint density at radius 3 is 2.62 bits per heavy atom. The third-order valence-corrected chi connectivity index (χ3v) is 7.27. The van der Waals surface area contributed by atoms with Crippen molar-refractivity contribution in [3.8, 4) is 11.1 Å². The van der Waals surface area contributed by atoms with Gasteiger partial charge in [0.1, 0.15) is 4.83 Å². The van der Waals surface area contributed by atoms with Crippen molar-refractivity contribution in [1.82, 2.24) is 9.55 Å². The van der Waals surface area contributed by atoms with E-state index in [0.29, 0.717) is 21.9 Å². The molecule has 0 fully saturated rings. The summed E-state index contributed by atoms with van der Waals surface area (Å²) in [6.45, 7) is 4.11. The van der Waals surface area contributed by atoms with E-state index < -0.39 is 0 Å². The molecule has 0 saturated heterocycles. The van der Waals surface area contributed by atoms with Gasteiger partial charge in [-0.1, -0.05) is 78.5 Å². The highest BCUT2D eigenvalue weighted by molar-refractivity contribution is 7.99. The lowest BCUT2D eigenvalue weighted by atomic mass is 10.1. The number of amides is 1. The molecule has 0 spiro atoms. The summed E-state index contributed by atoms with van der Waals surface area (Å²) in [6.07, 6.45) is 1.67. The number of anilines is 1. The number of thiophene rings is 1. The van der Waals surface area contributed by atoms with Crippen molar-refractivity contribution in [1.29, 1.82) is 0 Å². The Morgan fingerprint density at radius 1 is 1.06 bits per heavy atom. The van der Waals surface area contributed by atoms with Gasteiger partial charge >= 0.3 is 0 Å². The quantitative estimate of drug-likeness (QED) is 0.170. The van der Waals surface area contributed by atoms with Gasteiger partial charge in [0.05, 0.1) is 11.1 Å². The molecule has 168 valence electrons. The number of allylic oxidation sites excluding steroid dienone is 1. The van der Waals surface area contributed by atoms with Crippen molar-refractivity contribution in [2.45, 2.75) is 11.7 Å². The van der Waals surface area contributed by atoms with Gasteiger partial charge in [0.25, 0.3) is 5.56 Å². The van der Waals surface area contributed by atoms with E-state index in [9.17, 15) is 9.59 Å². The summed E-state index contributed by atoms with van der Waals surface area (Å²) in [4.78, 5) is 31.5. The summed E-state index contributed by atoms with van der Waals surface area (Å²) in [5.41, 5.74) is 2.47. The molecule has 7 heteroatoms.